The lowest BCUT2D eigenvalue weighted by Gasteiger charge is -2.56. The van der Waals surface area contributed by atoms with Crippen molar-refractivity contribution < 1.29 is 9.90 Å². The molecule has 0 spiro atoms. The van der Waals surface area contributed by atoms with Gasteiger partial charge in [0.05, 0.1) is 0 Å². The van der Waals surface area contributed by atoms with Crippen LogP contribution in [0.2, 0.25) is 0 Å². The Morgan fingerprint density at radius 3 is 2.59 bits per heavy atom. The molecular weight excluding hydrogens is 272 g/mol. The minimum absolute atomic E-state index is 0.463. The molecule has 2 nitrogen and oxygen atoms in total. The van der Waals surface area contributed by atoms with Gasteiger partial charge < -0.3 is 5.11 Å². The van der Waals surface area contributed by atoms with Crippen LogP contribution in [0, 0.1) is 17.3 Å². The summed E-state index contributed by atoms with van der Waals surface area (Å²) in [6.45, 7) is 8.62. The number of aliphatic carboxylic acids is 1. The van der Waals surface area contributed by atoms with E-state index in [1.807, 2.05) is 18.2 Å². The average molecular weight is 298 g/mol. The lowest BCUT2D eigenvalue weighted by atomic mass is 9.49. The fourth-order valence-electron chi connectivity index (χ4n) is 3.46. The number of rotatable bonds is 5. The van der Waals surface area contributed by atoms with Crippen LogP contribution in [0.25, 0.3) is 0 Å². The second-order valence-electron chi connectivity index (χ2n) is 7.08. The molecule has 1 N–H and O–H groups in total. The lowest BCUT2D eigenvalue weighted by Crippen LogP contribution is -2.47. The molecule has 0 aliphatic heterocycles. The van der Waals surface area contributed by atoms with Gasteiger partial charge in [0.1, 0.15) is 0 Å². The van der Waals surface area contributed by atoms with Gasteiger partial charge in [-0.3, -0.25) is 0 Å². The maximum absolute atomic E-state index is 10.5. The van der Waals surface area contributed by atoms with E-state index >= 15 is 0 Å². The topological polar surface area (TPSA) is 37.3 Å². The zero-order valence-electron chi connectivity index (χ0n) is 14.0. The summed E-state index contributed by atoms with van der Waals surface area (Å²) in [5.41, 5.74) is 3.84. The van der Waals surface area contributed by atoms with Gasteiger partial charge in [0.25, 0.3) is 0 Å². The first-order chi connectivity index (χ1) is 10.3. The predicted molar refractivity (Wildman–Crippen MR) is 91.5 cm³/mol. The Hall–Kier alpha value is -1.83. The van der Waals surface area contributed by atoms with Gasteiger partial charge in [0.15, 0.2) is 0 Å². The monoisotopic (exact) mass is 298 g/mol. The summed E-state index contributed by atoms with van der Waals surface area (Å²) in [5, 5.41) is 8.65. The van der Waals surface area contributed by atoms with Crippen LogP contribution >= 0.6 is 0 Å². The third kappa shape index (κ3) is 3.68. The molecular formula is C20H26O2. The van der Waals surface area contributed by atoms with Crippen LogP contribution in [-0.2, 0) is 4.79 Å². The van der Waals surface area contributed by atoms with Crippen LogP contribution in [0.1, 0.15) is 40.5 Å². The standard InChI is InChI=1S/C20H26O2/c1-14(6-5-7-15(2)12-19(21)22)8-9-16-10-11-17-13-18(16)20(17,3)4/h5-10,12,17-18H,11,13H2,1-4H3,(H,21,22)/b7-5+,9-8+,14-6-,15-12+/t17-,18-/m0/s1. The van der Waals surface area contributed by atoms with E-state index in [2.05, 4.69) is 39.0 Å². The van der Waals surface area contributed by atoms with E-state index in [0.29, 0.717) is 11.3 Å². The van der Waals surface area contributed by atoms with Gasteiger partial charge in [-0.05, 0) is 55.1 Å². The first-order valence-corrected chi connectivity index (χ1v) is 7.95. The second kappa shape index (κ2) is 6.51. The zero-order chi connectivity index (χ0) is 16.3. The molecule has 2 bridgehead atoms. The molecule has 0 aromatic rings. The summed E-state index contributed by atoms with van der Waals surface area (Å²) >= 11 is 0. The van der Waals surface area contributed by atoms with Crippen molar-refractivity contribution in [2.45, 2.75) is 40.5 Å². The normalized spacial score (nSPS) is 27.9. The number of hydrogen-bond donors (Lipinski definition) is 1. The molecule has 2 atom stereocenters. The van der Waals surface area contributed by atoms with Gasteiger partial charge in [0.2, 0.25) is 0 Å². The van der Waals surface area contributed by atoms with Crippen LogP contribution in [0.3, 0.4) is 0 Å². The van der Waals surface area contributed by atoms with Gasteiger partial charge in [0, 0.05) is 6.08 Å². The Bertz CT molecular complexity index is 597. The second-order valence-corrected chi connectivity index (χ2v) is 7.08. The smallest absolute Gasteiger partial charge is 0.328 e. The Kier molecular flexibility index (Phi) is 4.90. The molecule has 1 saturated carbocycles. The van der Waals surface area contributed by atoms with Gasteiger partial charge in [-0.2, -0.15) is 0 Å². The lowest BCUT2D eigenvalue weighted by molar-refractivity contribution is -0.131. The predicted octanol–water partition coefficient (Wildman–Crippen LogP) is 5.07. The van der Waals surface area contributed by atoms with Gasteiger partial charge in [-0.25, -0.2) is 4.79 Å². The van der Waals surface area contributed by atoms with Crippen LogP contribution in [0.4, 0.5) is 0 Å². The molecule has 0 radical (unpaired) electrons. The van der Waals surface area contributed by atoms with E-state index in [-0.39, 0.29) is 0 Å². The quantitative estimate of drug-likeness (QED) is 0.568. The van der Waals surface area contributed by atoms with Gasteiger partial charge >= 0.3 is 5.97 Å². The zero-order valence-corrected chi connectivity index (χ0v) is 14.0. The molecule has 3 aliphatic carbocycles. The molecule has 2 heteroatoms. The number of fused-ring (bicyclic) bond motifs is 1. The van der Waals surface area contributed by atoms with Crippen molar-refractivity contribution in [3.63, 3.8) is 0 Å². The summed E-state index contributed by atoms with van der Waals surface area (Å²) < 4.78 is 0. The highest BCUT2D eigenvalue weighted by Crippen LogP contribution is 2.59. The van der Waals surface area contributed by atoms with Gasteiger partial charge in [-0.1, -0.05) is 55.9 Å². The molecule has 0 aromatic carbocycles. The molecule has 118 valence electrons. The van der Waals surface area contributed by atoms with Crippen molar-refractivity contribution >= 4 is 5.97 Å². The van der Waals surface area contributed by atoms with Crippen molar-refractivity contribution in [1.82, 2.24) is 0 Å². The van der Waals surface area contributed by atoms with Crippen LogP contribution in [0.15, 0.2) is 59.3 Å². The van der Waals surface area contributed by atoms with Crippen molar-refractivity contribution in [1.29, 1.82) is 0 Å². The van der Waals surface area contributed by atoms with E-state index < -0.39 is 5.97 Å². The first-order valence-electron chi connectivity index (χ1n) is 7.95. The third-order valence-electron chi connectivity index (χ3n) is 5.12. The number of carboxylic acids is 1. The molecule has 1 fully saturated rings. The fourth-order valence-corrected chi connectivity index (χ4v) is 3.46. The largest absolute Gasteiger partial charge is 0.478 e. The summed E-state index contributed by atoms with van der Waals surface area (Å²) in [4.78, 5) is 10.5. The minimum Gasteiger partial charge on any atom is -0.478 e. The van der Waals surface area contributed by atoms with Gasteiger partial charge in [-0.15, -0.1) is 0 Å². The van der Waals surface area contributed by atoms with E-state index in [9.17, 15) is 4.79 Å². The summed E-state index contributed by atoms with van der Waals surface area (Å²) in [7, 11) is 0. The number of hydrogen-bond acceptors (Lipinski definition) is 1. The number of allylic oxidation sites excluding steroid dienone is 9. The Morgan fingerprint density at radius 2 is 2.00 bits per heavy atom. The highest BCUT2D eigenvalue weighted by molar-refractivity contribution is 5.81. The van der Waals surface area contributed by atoms with E-state index in [1.54, 1.807) is 6.92 Å². The highest BCUT2D eigenvalue weighted by atomic mass is 16.4. The van der Waals surface area contributed by atoms with E-state index in [1.165, 1.54) is 30.1 Å². The first kappa shape index (κ1) is 16.5. The van der Waals surface area contributed by atoms with Crippen molar-refractivity contribution in [3.05, 3.63) is 59.3 Å². The van der Waals surface area contributed by atoms with E-state index in [4.69, 9.17) is 5.11 Å². The molecule has 0 unspecified atom stereocenters. The van der Waals surface area contributed by atoms with Crippen LogP contribution in [0.5, 0.6) is 0 Å². The molecule has 0 heterocycles. The Labute approximate surface area is 133 Å². The maximum Gasteiger partial charge on any atom is 0.328 e. The number of carbonyl (C=O) groups is 1. The molecule has 3 aliphatic rings. The van der Waals surface area contributed by atoms with Crippen molar-refractivity contribution in [2.75, 3.05) is 0 Å². The third-order valence-corrected chi connectivity index (χ3v) is 5.12. The van der Waals surface area contributed by atoms with Crippen molar-refractivity contribution in [2.24, 2.45) is 17.3 Å². The van der Waals surface area contributed by atoms with Crippen molar-refractivity contribution in [3.8, 4) is 0 Å². The SMILES string of the molecule is CC(=C/C=C/C(C)=C/C(=O)O)/C=C/C1=CC[C@H]2C[C@@H]1C2(C)C. The van der Waals surface area contributed by atoms with Crippen LogP contribution < -0.4 is 0 Å². The molecule has 0 aromatic heterocycles. The summed E-state index contributed by atoms with van der Waals surface area (Å²) in [5.74, 6) is 0.679. The Balaban J connectivity index is 1.96. The highest BCUT2D eigenvalue weighted by Gasteiger charge is 2.50. The average Bonchev–Trinajstić information content (AvgIpc) is 2.44. The van der Waals surface area contributed by atoms with Crippen LogP contribution in [-0.4, -0.2) is 11.1 Å². The molecule has 0 saturated heterocycles. The fraction of sp³-hybridized carbons (Fsp3) is 0.450. The molecule has 22 heavy (non-hydrogen) atoms. The molecule has 3 rings (SSSR count). The summed E-state index contributed by atoms with van der Waals surface area (Å²) in [6, 6.07) is 0. The number of carboxylic acid groups (broad SMARTS) is 1. The molecule has 0 amide bonds. The minimum atomic E-state index is -0.909. The van der Waals surface area contributed by atoms with E-state index in [0.717, 1.165) is 11.5 Å². The maximum atomic E-state index is 10.5. The Morgan fingerprint density at radius 1 is 1.27 bits per heavy atom. The summed E-state index contributed by atoms with van der Waals surface area (Å²) in [6.07, 6.45) is 16.3.